The number of para-hydroxylation sites is 2. The molecule has 5 rings (SSSR count). The van der Waals surface area contributed by atoms with E-state index >= 15 is 0 Å². The third-order valence-corrected chi connectivity index (χ3v) is 9.66. The summed E-state index contributed by atoms with van der Waals surface area (Å²) in [7, 11) is 3.15. The van der Waals surface area contributed by atoms with Gasteiger partial charge in [-0.3, -0.25) is 9.69 Å². The number of carbonyl (C=O) groups is 3. The molecule has 0 saturated heterocycles. The van der Waals surface area contributed by atoms with Crippen LogP contribution in [-0.4, -0.2) is 73.4 Å². The fourth-order valence-corrected chi connectivity index (χ4v) is 7.10. The zero-order chi connectivity index (χ0) is 39.6. The van der Waals surface area contributed by atoms with Gasteiger partial charge in [-0.05, 0) is 51.1 Å². The number of carbonyl (C=O) groups excluding carboxylic acids is 3. The maximum absolute atomic E-state index is 12.7. The van der Waals surface area contributed by atoms with Gasteiger partial charge in [-0.1, -0.05) is 81.1 Å². The van der Waals surface area contributed by atoms with Crippen molar-refractivity contribution in [2.75, 3.05) is 40.6 Å². The Hall–Kier alpha value is -5.03. The molecule has 0 fully saturated rings. The lowest BCUT2D eigenvalue weighted by atomic mass is 10.1. The van der Waals surface area contributed by atoms with Crippen LogP contribution in [0.2, 0.25) is 0 Å². The Morgan fingerprint density at radius 1 is 0.655 bits per heavy atom. The normalized spacial score (nSPS) is 10.5. The van der Waals surface area contributed by atoms with Crippen molar-refractivity contribution in [1.82, 2.24) is 14.9 Å². The number of alkyl halides is 1. The van der Waals surface area contributed by atoms with Crippen LogP contribution in [0, 0.1) is 0 Å². The molecular weight excluding hydrogens is 814 g/mol. The number of hydrogen-bond donors (Lipinski definition) is 0. The summed E-state index contributed by atoms with van der Waals surface area (Å²) in [5.74, 6) is 1.30. The molecule has 2 heterocycles. The Morgan fingerprint density at radius 3 is 1.67 bits per heavy atom. The summed E-state index contributed by atoms with van der Waals surface area (Å²) in [5, 5.41) is 1.22. The Labute approximate surface area is 336 Å². The highest BCUT2D eigenvalue weighted by Crippen LogP contribution is 2.33. The molecule has 0 spiro atoms. The monoisotopic (exact) mass is 855 g/mol. The number of esters is 3. The topological polar surface area (TPSA) is 145 Å². The van der Waals surface area contributed by atoms with Crippen molar-refractivity contribution < 1.29 is 47.5 Å². The van der Waals surface area contributed by atoms with Gasteiger partial charge in [0.15, 0.2) is 0 Å². The van der Waals surface area contributed by atoms with Gasteiger partial charge in [0.2, 0.25) is 0 Å². The Bertz CT molecular complexity index is 1980. The van der Waals surface area contributed by atoms with Crippen LogP contribution >= 0.6 is 38.6 Å². The zero-order valence-electron chi connectivity index (χ0n) is 31.1. The lowest BCUT2D eigenvalue weighted by Gasteiger charge is -2.22. The minimum atomic E-state index is -0.494. The maximum atomic E-state index is 12.7. The summed E-state index contributed by atoms with van der Waals surface area (Å²) in [6.45, 7) is 6.58. The van der Waals surface area contributed by atoms with E-state index in [1.807, 2.05) is 65.6 Å². The summed E-state index contributed by atoms with van der Waals surface area (Å²) in [4.78, 5) is 48.3. The van der Waals surface area contributed by atoms with Crippen LogP contribution < -0.4 is 18.9 Å². The van der Waals surface area contributed by atoms with E-state index in [0.717, 1.165) is 16.9 Å². The van der Waals surface area contributed by atoms with Gasteiger partial charge in [0.05, 0.1) is 52.0 Å². The van der Waals surface area contributed by atoms with Gasteiger partial charge < -0.3 is 33.2 Å². The summed E-state index contributed by atoms with van der Waals surface area (Å²) in [6, 6.07) is 24.0. The van der Waals surface area contributed by atoms with E-state index in [9.17, 15) is 14.4 Å². The second-order valence-electron chi connectivity index (χ2n) is 11.0. The summed E-state index contributed by atoms with van der Waals surface area (Å²) >= 11 is 5.60. The van der Waals surface area contributed by atoms with Crippen LogP contribution in [0.5, 0.6) is 33.4 Å². The standard InChI is InChI=1S/C26H30N2O7S.C13H12BrNO3S/c1-5-33-23(29)17-28(15-18-12-13-20(31-3)14-22(18)32-4)16-21-24(25(30)34-6-2)36-26(27-21)35-19-10-8-7-9-11-19;1-2-17-12(16)11-10(8-14)15-13(19-11)18-9-6-4-3-5-7-9/h7-14H,5-6,15-17H2,1-4H3;3-7H,2,8H2,1H3. The van der Waals surface area contributed by atoms with Crippen LogP contribution in [0.3, 0.4) is 0 Å². The zero-order valence-corrected chi connectivity index (χ0v) is 34.3. The highest BCUT2D eigenvalue weighted by Gasteiger charge is 2.25. The number of hydrogen-bond acceptors (Lipinski definition) is 15. The van der Waals surface area contributed by atoms with Crippen molar-refractivity contribution in [2.24, 2.45) is 0 Å². The van der Waals surface area contributed by atoms with Crippen molar-refractivity contribution in [1.29, 1.82) is 0 Å². The van der Waals surface area contributed by atoms with Crippen LogP contribution in [-0.2, 0) is 37.4 Å². The Balaban J connectivity index is 0.000000296. The van der Waals surface area contributed by atoms with E-state index in [0.29, 0.717) is 73.0 Å². The molecule has 5 aromatic rings. The third-order valence-electron chi connectivity index (χ3n) is 7.22. The molecule has 292 valence electrons. The van der Waals surface area contributed by atoms with Crippen molar-refractivity contribution in [3.05, 3.63) is 106 Å². The van der Waals surface area contributed by atoms with Crippen LogP contribution in [0.15, 0.2) is 78.9 Å². The lowest BCUT2D eigenvalue weighted by Crippen LogP contribution is -2.31. The van der Waals surface area contributed by atoms with Crippen LogP contribution in [0.4, 0.5) is 0 Å². The number of rotatable bonds is 18. The van der Waals surface area contributed by atoms with Crippen molar-refractivity contribution in [3.63, 3.8) is 0 Å². The highest BCUT2D eigenvalue weighted by molar-refractivity contribution is 9.08. The first kappa shape index (κ1) is 42.7. The number of thiazole rings is 2. The van der Waals surface area contributed by atoms with Gasteiger partial charge in [-0.2, -0.15) is 0 Å². The second kappa shape index (κ2) is 22.4. The fraction of sp³-hybridized carbons (Fsp3) is 0.308. The van der Waals surface area contributed by atoms with E-state index in [1.54, 1.807) is 53.2 Å². The molecule has 0 aliphatic carbocycles. The molecule has 16 heteroatoms. The van der Waals surface area contributed by atoms with Gasteiger partial charge in [-0.15, -0.1) is 0 Å². The molecule has 0 unspecified atom stereocenters. The predicted molar refractivity (Wildman–Crippen MR) is 212 cm³/mol. The molecule has 55 heavy (non-hydrogen) atoms. The molecule has 3 aromatic carbocycles. The van der Waals surface area contributed by atoms with E-state index < -0.39 is 11.9 Å². The molecule has 13 nitrogen and oxygen atoms in total. The molecule has 0 atom stereocenters. The highest BCUT2D eigenvalue weighted by atomic mass is 79.9. The number of aromatic nitrogens is 2. The van der Waals surface area contributed by atoms with E-state index in [1.165, 1.54) is 11.3 Å². The van der Waals surface area contributed by atoms with Crippen LogP contribution in [0.1, 0.15) is 57.1 Å². The van der Waals surface area contributed by atoms with Gasteiger partial charge in [0.1, 0.15) is 32.8 Å². The second-order valence-corrected chi connectivity index (χ2v) is 13.5. The van der Waals surface area contributed by atoms with E-state index in [4.69, 9.17) is 33.2 Å². The number of nitrogens with zero attached hydrogens (tertiary/aromatic N) is 3. The summed E-state index contributed by atoms with van der Waals surface area (Å²) in [6.07, 6.45) is 0. The molecule has 0 aliphatic rings. The Kier molecular flexibility index (Phi) is 17.4. The minimum absolute atomic E-state index is 0.0162. The molecule has 0 saturated carbocycles. The molecule has 0 aliphatic heterocycles. The molecule has 2 aromatic heterocycles. The van der Waals surface area contributed by atoms with Gasteiger partial charge in [0.25, 0.3) is 10.4 Å². The molecule has 0 radical (unpaired) electrons. The number of halogens is 1. The van der Waals surface area contributed by atoms with E-state index in [2.05, 4.69) is 25.9 Å². The van der Waals surface area contributed by atoms with Gasteiger partial charge in [-0.25, -0.2) is 19.6 Å². The van der Waals surface area contributed by atoms with Crippen molar-refractivity contribution >= 4 is 56.5 Å². The first-order valence-corrected chi connectivity index (χ1v) is 19.9. The maximum Gasteiger partial charge on any atom is 0.350 e. The minimum Gasteiger partial charge on any atom is -0.497 e. The first-order valence-electron chi connectivity index (χ1n) is 17.2. The molecule has 0 amide bonds. The summed E-state index contributed by atoms with van der Waals surface area (Å²) in [5.41, 5.74) is 1.91. The van der Waals surface area contributed by atoms with Gasteiger partial charge >= 0.3 is 17.9 Å². The number of benzene rings is 3. The molecule has 0 bridgehead atoms. The first-order chi connectivity index (χ1) is 26.7. The average molecular weight is 857 g/mol. The van der Waals surface area contributed by atoms with Crippen LogP contribution in [0.25, 0.3) is 0 Å². The van der Waals surface area contributed by atoms with Gasteiger partial charge in [0, 0.05) is 30.0 Å². The largest absolute Gasteiger partial charge is 0.497 e. The number of ether oxygens (including phenoxy) is 7. The quantitative estimate of drug-likeness (QED) is 0.0471. The smallest absolute Gasteiger partial charge is 0.350 e. The predicted octanol–water partition coefficient (Wildman–Crippen LogP) is 8.70. The SMILES string of the molecule is CCOC(=O)CN(Cc1ccc(OC)cc1OC)Cc1nc(Oc2ccccc2)sc1C(=O)OCC.CCOC(=O)c1sc(Oc2ccccc2)nc1CBr. The molecular formula is C39H42BrN3O10S2. The fourth-order valence-electron chi connectivity index (χ4n) is 4.83. The lowest BCUT2D eigenvalue weighted by molar-refractivity contribution is -0.144. The molecule has 0 N–H and O–H groups in total. The Morgan fingerprint density at radius 2 is 1.18 bits per heavy atom. The summed E-state index contributed by atoms with van der Waals surface area (Å²) < 4.78 is 37.7. The van der Waals surface area contributed by atoms with Crippen molar-refractivity contribution in [3.8, 4) is 33.4 Å². The average Bonchev–Trinajstić information content (AvgIpc) is 3.79. The number of methoxy groups -OCH3 is 2. The van der Waals surface area contributed by atoms with E-state index in [-0.39, 0.29) is 32.3 Å². The third kappa shape index (κ3) is 13.1. The van der Waals surface area contributed by atoms with Crippen molar-refractivity contribution in [2.45, 2.75) is 39.2 Å².